The number of anilines is 2. The van der Waals surface area contributed by atoms with Crippen LogP contribution in [-0.2, 0) is 4.74 Å². The quantitative estimate of drug-likeness (QED) is 0.636. The Hall–Kier alpha value is -1.42. The number of nitrogen functional groups attached to an aromatic ring is 1. The number of carbonyl (C=O) groups is 1. The van der Waals surface area contributed by atoms with Gasteiger partial charge in [0.15, 0.2) is 0 Å². The van der Waals surface area contributed by atoms with Gasteiger partial charge in [-0.05, 0) is 32.4 Å². The summed E-state index contributed by atoms with van der Waals surface area (Å²) in [6.45, 7) is 6.14. The van der Waals surface area contributed by atoms with Crippen molar-refractivity contribution in [3.8, 4) is 0 Å². The molecule has 1 aromatic rings. The van der Waals surface area contributed by atoms with E-state index >= 15 is 0 Å². The van der Waals surface area contributed by atoms with Gasteiger partial charge in [0.05, 0.1) is 22.9 Å². The highest BCUT2D eigenvalue weighted by atomic mass is 35.5. The second kappa shape index (κ2) is 6.50. The van der Waals surface area contributed by atoms with Crippen LogP contribution in [0.4, 0.5) is 11.4 Å². The molecule has 0 amide bonds. The summed E-state index contributed by atoms with van der Waals surface area (Å²) in [6.07, 6.45) is 0.920. The van der Waals surface area contributed by atoms with Crippen LogP contribution >= 0.6 is 11.6 Å². The summed E-state index contributed by atoms with van der Waals surface area (Å²) in [5.74, 6) is -0.419. The molecule has 0 aliphatic heterocycles. The minimum absolute atomic E-state index is 0.208. The van der Waals surface area contributed by atoms with Crippen molar-refractivity contribution in [3.63, 3.8) is 0 Å². The summed E-state index contributed by atoms with van der Waals surface area (Å²) in [5.41, 5.74) is 7.11. The molecule has 0 radical (unpaired) electrons. The molecule has 0 saturated heterocycles. The lowest BCUT2D eigenvalue weighted by atomic mass is 10.1. The number of rotatable bonds is 5. The van der Waals surface area contributed by atoms with Gasteiger partial charge < -0.3 is 15.8 Å². The van der Waals surface area contributed by atoms with Gasteiger partial charge in [0, 0.05) is 11.7 Å². The smallest absolute Gasteiger partial charge is 0.340 e. The van der Waals surface area contributed by atoms with E-state index in [1.807, 2.05) is 13.8 Å². The maximum atomic E-state index is 11.9. The number of halogens is 1. The van der Waals surface area contributed by atoms with E-state index < -0.39 is 5.97 Å². The summed E-state index contributed by atoms with van der Waals surface area (Å²) in [6, 6.07) is 3.41. The SMILES string of the molecule is CCOC(=O)c1cc(N)cc(Cl)c1NC(C)CC. The average molecular weight is 271 g/mol. The highest BCUT2D eigenvalue weighted by Crippen LogP contribution is 2.30. The Morgan fingerprint density at radius 1 is 1.50 bits per heavy atom. The van der Waals surface area contributed by atoms with Gasteiger partial charge in [-0.25, -0.2) is 4.79 Å². The molecule has 0 spiro atoms. The van der Waals surface area contributed by atoms with Gasteiger partial charge in [0.2, 0.25) is 0 Å². The molecule has 0 saturated carbocycles. The second-order valence-electron chi connectivity index (χ2n) is 4.10. The van der Waals surface area contributed by atoms with Crippen LogP contribution in [0, 0.1) is 0 Å². The normalized spacial score (nSPS) is 12.0. The molecule has 0 heterocycles. The number of nitrogens with one attached hydrogen (secondary N) is 1. The van der Waals surface area contributed by atoms with Crippen LogP contribution < -0.4 is 11.1 Å². The van der Waals surface area contributed by atoms with Gasteiger partial charge in [-0.1, -0.05) is 18.5 Å². The average Bonchev–Trinajstić information content (AvgIpc) is 2.32. The van der Waals surface area contributed by atoms with Crippen molar-refractivity contribution in [1.29, 1.82) is 0 Å². The van der Waals surface area contributed by atoms with Gasteiger partial charge in [0.1, 0.15) is 0 Å². The molecule has 0 aliphatic carbocycles. The number of nitrogens with two attached hydrogens (primary N) is 1. The third-order valence-electron chi connectivity index (χ3n) is 2.61. The first-order valence-corrected chi connectivity index (χ1v) is 6.40. The number of esters is 1. The molecular formula is C13H19ClN2O2. The number of hydrogen-bond donors (Lipinski definition) is 2. The topological polar surface area (TPSA) is 64.3 Å². The standard InChI is InChI=1S/C13H19ClN2O2/c1-4-8(3)16-12-10(13(17)18-5-2)6-9(15)7-11(12)14/h6-8,16H,4-5,15H2,1-3H3. The summed E-state index contributed by atoms with van der Waals surface area (Å²) in [4.78, 5) is 11.9. The molecule has 3 N–H and O–H groups in total. The molecule has 1 atom stereocenters. The Morgan fingerprint density at radius 2 is 2.17 bits per heavy atom. The molecule has 0 bridgehead atoms. The third kappa shape index (κ3) is 3.53. The van der Waals surface area contributed by atoms with E-state index in [1.54, 1.807) is 19.1 Å². The van der Waals surface area contributed by atoms with E-state index in [0.29, 0.717) is 28.6 Å². The maximum Gasteiger partial charge on any atom is 0.340 e. The Bertz CT molecular complexity index is 435. The molecule has 1 unspecified atom stereocenters. The van der Waals surface area contributed by atoms with Gasteiger partial charge in [-0.3, -0.25) is 0 Å². The van der Waals surface area contributed by atoms with Crippen LogP contribution in [0.2, 0.25) is 5.02 Å². The zero-order chi connectivity index (χ0) is 13.7. The van der Waals surface area contributed by atoms with Crippen molar-refractivity contribution >= 4 is 28.9 Å². The molecule has 0 aromatic heterocycles. The first-order valence-electron chi connectivity index (χ1n) is 6.02. The van der Waals surface area contributed by atoms with Crippen molar-refractivity contribution in [3.05, 3.63) is 22.7 Å². The Morgan fingerprint density at radius 3 is 2.72 bits per heavy atom. The Labute approximate surface area is 112 Å². The largest absolute Gasteiger partial charge is 0.462 e. The van der Waals surface area contributed by atoms with Crippen LogP contribution in [0.25, 0.3) is 0 Å². The van der Waals surface area contributed by atoms with Gasteiger partial charge in [-0.2, -0.15) is 0 Å². The van der Waals surface area contributed by atoms with Gasteiger partial charge in [0.25, 0.3) is 0 Å². The maximum absolute atomic E-state index is 11.9. The van der Waals surface area contributed by atoms with E-state index in [1.165, 1.54) is 0 Å². The fraction of sp³-hybridized carbons (Fsp3) is 0.462. The number of ether oxygens (including phenoxy) is 1. The zero-order valence-electron chi connectivity index (χ0n) is 10.9. The van der Waals surface area contributed by atoms with Crippen molar-refractivity contribution in [2.45, 2.75) is 33.2 Å². The van der Waals surface area contributed by atoms with Crippen LogP contribution in [0.1, 0.15) is 37.6 Å². The van der Waals surface area contributed by atoms with Crippen LogP contribution in [0.5, 0.6) is 0 Å². The van der Waals surface area contributed by atoms with Crippen molar-refractivity contribution in [2.75, 3.05) is 17.7 Å². The monoisotopic (exact) mass is 270 g/mol. The van der Waals surface area contributed by atoms with Crippen molar-refractivity contribution < 1.29 is 9.53 Å². The third-order valence-corrected chi connectivity index (χ3v) is 2.91. The first kappa shape index (κ1) is 14.6. The minimum Gasteiger partial charge on any atom is -0.462 e. The predicted molar refractivity (Wildman–Crippen MR) is 75.2 cm³/mol. The lowest BCUT2D eigenvalue weighted by Crippen LogP contribution is -2.18. The predicted octanol–water partition coefficient (Wildman–Crippen LogP) is 3.31. The number of hydrogen-bond acceptors (Lipinski definition) is 4. The van der Waals surface area contributed by atoms with Gasteiger partial charge >= 0.3 is 5.97 Å². The summed E-state index contributed by atoms with van der Waals surface area (Å²) >= 11 is 6.13. The van der Waals surface area contributed by atoms with Crippen LogP contribution in [0.15, 0.2) is 12.1 Å². The molecule has 1 rings (SSSR count). The van der Waals surface area contributed by atoms with Crippen molar-refractivity contribution in [2.24, 2.45) is 0 Å². The summed E-state index contributed by atoms with van der Waals surface area (Å²) in [5, 5.41) is 3.64. The molecule has 18 heavy (non-hydrogen) atoms. The van der Waals surface area contributed by atoms with E-state index in [2.05, 4.69) is 5.32 Å². The van der Waals surface area contributed by atoms with Crippen molar-refractivity contribution in [1.82, 2.24) is 0 Å². The molecular weight excluding hydrogens is 252 g/mol. The van der Waals surface area contributed by atoms with E-state index in [4.69, 9.17) is 22.1 Å². The minimum atomic E-state index is -0.419. The lowest BCUT2D eigenvalue weighted by molar-refractivity contribution is 0.0527. The van der Waals surface area contributed by atoms with Gasteiger partial charge in [-0.15, -0.1) is 0 Å². The first-order chi connectivity index (χ1) is 8.49. The highest BCUT2D eigenvalue weighted by Gasteiger charge is 2.17. The molecule has 0 fully saturated rings. The zero-order valence-corrected chi connectivity index (χ0v) is 11.7. The number of benzene rings is 1. The lowest BCUT2D eigenvalue weighted by Gasteiger charge is -2.18. The van der Waals surface area contributed by atoms with E-state index in [-0.39, 0.29) is 6.04 Å². The fourth-order valence-electron chi connectivity index (χ4n) is 1.49. The Balaban J connectivity index is 3.16. The molecule has 4 nitrogen and oxygen atoms in total. The Kier molecular flexibility index (Phi) is 5.28. The molecule has 0 aliphatic rings. The second-order valence-corrected chi connectivity index (χ2v) is 4.51. The summed E-state index contributed by atoms with van der Waals surface area (Å²) < 4.78 is 5.00. The van der Waals surface area contributed by atoms with Crippen LogP contribution in [-0.4, -0.2) is 18.6 Å². The molecule has 100 valence electrons. The van der Waals surface area contributed by atoms with Crippen LogP contribution in [0.3, 0.4) is 0 Å². The van der Waals surface area contributed by atoms with E-state index in [9.17, 15) is 4.79 Å². The highest BCUT2D eigenvalue weighted by molar-refractivity contribution is 6.34. The summed E-state index contributed by atoms with van der Waals surface area (Å²) in [7, 11) is 0. The van der Waals surface area contributed by atoms with E-state index in [0.717, 1.165) is 6.42 Å². The molecule has 5 heteroatoms. The fourth-order valence-corrected chi connectivity index (χ4v) is 1.77. The molecule has 1 aromatic carbocycles. The number of carbonyl (C=O) groups excluding carboxylic acids is 1.